The summed E-state index contributed by atoms with van der Waals surface area (Å²) in [4.78, 5) is 28.8. The third-order valence-corrected chi connectivity index (χ3v) is 5.78. The fourth-order valence-electron chi connectivity index (χ4n) is 3.13. The zero-order chi connectivity index (χ0) is 23.5. The van der Waals surface area contributed by atoms with E-state index in [1.165, 1.54) is 41.9 Å². The number of carbonyl (C=O) groups excluding carboxylic acids is 2. The van der Waals surface area contributed by atoms with Crippen LogP contribution in [0.3, 0.4) is 0 Å². The van der Waals surface area contributed by atoms with Crippen LogP contribution in [0.2, 0.25) is 0 Å². The number of amides is 2. The van der Waals surface area contributed by atoms with Crippen molar-refractivity contribution in [3.05, 3.63) is 81.6 Å². The summed E-state index contributed by atoms with van der Waals surface area (Å²) in [6.07, 6.45) is 4.57. The van der Waals surface area contributed by atoms with Crippen LogP contribution in [0, 0.1) is 5.82 Å². The van der Waals surface area contributed by atoms with Crippen LogP contribution in [0.4, 0.5) is 4.39 Å². The van der Waals surface area contributed by atoms with Gasteiger partial charge in [0, 0.05) is 24.0 Å². The van der Waals surface area contributed by atoms with Crippen molar-refractivity contribution in [2.24, 2.45) is 0 Å². The number of ether oxygens (including phenoxy) is 1. The average Bonchev–Trinajstić information content (AvgIpc) is 3.31. The van der Waals surface area contributed by atoms with Crippen LogP contribution in [0.25, 0.3) is 0 Å². The van der Waals surface area contributed by atoms with E-state index in [0.29, 0.717) is 17.1 Å². The van der Waals surface area contributed by atoms with E-state index in [9.17, 15) is 14.0 Å². The molecule has 3 aromatic rings. The minimum absolute atomic E-state index is 0.0757. The number of para-hydroxylation sites is 1. The highest BCUT2D eigenvalue weighted by atomic mass is 32.1. The maximum Gasteiger partial charge on any atom is 0.270 e. The van der Waals surface area contributed by atoms with Gasteiger partial charge >= 0.3 is 0 Å². The highest BCUT2D eigenvalue weighted by Crippen LogP contribution is 2.18. The van der Waals surface area contributed by atoms with Gasteiger partial charge in [0.25, 0.3) is 11.8 Å². The van der Waals surface area contributed by atoms with E-state index in [2.05, 4.69) is 22.5 Å². The first kappa shape index (κ1) is 24.4. The lowest BCUT2D eigenvalue weighted by Gasteiger charge is -2.07. The van der Waals surface area contributed by atoms with Crippen molar-refractivity contribution in [1.82, 2.24) is 15.6 Å². The molecule has 1 aromatic heterocycles. The summed E-state index contributed by atoms with van der Waals surface area (Å²) in [5, 5.41) is 7.71. The van der Waals surface area contributed by atoms with E-state index in [0.717, 1.165) is 12.8 Å². The lowest BCUT2D eigenvalue weighted by atomic mass is 10.1. The number of hydrogen-bond donors (Lipinski definition) is 2. The first-order valence-electron chi connectivity index (χ1n) is 11.0. The lowest BCUT2D eigenvalue weighted by molar-refractivity contribution is 0.0925. The molecule has 0 spiro atoms. The molecular weight excluding hydrogens is 441 g/mol. The maximum absolute atomic E-state index is 13.6. The molecule has 6 nitrogen and oxygen atoms in total. The zero-order valence-electron chi connectivity index (χ0n) is 18.6. The molecule has 0 fully saturated rings. The Morgan fingerprint density at radius 1 is 1.00 bits per heavy atom. The maximum atomic E-state index is 13.6. The molecule has 174 valence electrons. The molecule has 0 saturated carbocycles. The van der Waals surface area contributed by atoms with Gasteiger partial charge in [-0.1, -0.05) is 44.0 Å². The number of aryl methyl sites for hydroxylation is 1. The Kier molecular flexibility index (Phi) is 9.38. The number of rotatable bonds is 12. The zero-order valence-corrected chi connectivity index (χ0v) is 19.4. The molecule has 2 aromatic carbocycles. The minimum Gasteiger partial charge on any atom is -0.483 e. The summed E-state index contributed by atoms with van der Waals surface area (Å²) in [6.45, 7) is 2.83. The Balaban J connectivity index is 1.37. The number of thiazole rings is 1. The summed E-state index contributed by atoms with van der Waals surface area (Å²) >= 11 is 1.26. The summed E-state index contributed by atoms with van der Waals surface area (Å²) in [5.74, 6) is -0.822. The fourth-order valence-corrected chi connectivity index (χ4v) is 3.81. The van der Waals surface area contributed by atoms with Crippen molar-refractivity contribution >= 4 is 23.2 Å². The van der Waals surface area contributed by atoms with Crippen LogP contribution < -0.4 is 15.4 Å². The largest absolute Gasteiger partial charge is 0.483 e. The Morgan fingerprint density at radius 3 is 2.45 bits per heavy atom. The van der Waals surface area contributed by atoms with Gasteiger partial charge in [-0.2, -0.15) is 0 Å². The predicted molar refractivity (Wildman–Crippen MR) is 127 cm³/mol. The fraction of sp³-hybridized carbons (Fsp3) is 0.320. The average molecular weight is 470 g/mol. The Morgan fingerprint density at radius 2 is 1.73 bits per heavy atom. The van der Waals surface area contributed by atoms with Crippen molar-refractivity contribution in [2.45, 2.75) is 39.2 Å². The van der Waals surface area contributed by atoms with Gasteiger partial charge in [-0.05, 0) is 42.7 Å². The number of benzene rings is 2. The molecule has 2 N–H and O–H groups in total. The van der Waals surface area contributed by atoms with Gasteiger partial charge in [0.05, 0.1) is 0 Å². The molecule has 0 bridgehead atoms. The van der Waals surface area contributed by atoms with E-state index in [4.69, 9.17) is 4.74 Å². The number of unbranched alkanes of at least 4 members (excludes halogenated alkanes) is 2. The third kappa shape index (κ3) is 7.68. The second kappa shape index (κ2) is 12.7. The van der Waals surface area contributed by atoms with Gasteiger partial charge in [-0.25, -0.2) is 9.37 Å². The highest BCUT2D eigenvalue weighted by molar-refractivity contribution is 7.09. The Bertz CT molecular complexity index is 1050. The molecule has 0 saturated heterocycles. The van der Waals surface area contributed by atoms with Crippen LogP contribution >= 0.6 is 11.3 Å². The normalized spacial score (nSPS) is 10.6. The van der Waals surface area contributed by atoms with Crippen LogP contribution in [0.1, 0.15) is 57.6 Å². The molecular formula is C25H28FN3O3S. The molecule has 0 radical (unpaired) electrons. The van der Waals surface area contributed by atoms with Crippen molar-refractivity contribution < 1.29 is 18.7 Å². The molecule has 0 aliphatic heterocycles. The van der Waals surface area contributed by atoms with E-state index in [-0.39, 0.29) is 36.4 Å². The van der Waals surface area contributed by atoms with E-state index >= 15 is 0 Å². The Hall–Kier alpha value is -3.26. The van der Waals surface area contributed by atoms with Gasteiger partial charge in [-0.15, -0.1) is 11.3 Å². The first-order chi connectivity index (χ1) is 16.1. The van der Waals surface area contributed by atoms with Gasteiger partial charge in [-0.3, -0.25) is 9.59 Å². The minimum atomic E-state index is -0.447. The molecule has 8 heteroatoms. The molecule has 1 heterocycles. The topological polar surface area (TPSA) is 80.3 Å². The predicted octanol–water partition coefficient (Wildman–Crippen LogP) is 4.75. The SMILES string of the molecule is CCCCCc1ccc(C(=O)NCCNC(=O)c2csc(COc3ccccc3F)n2)cc1. The molecule has 0 atom stereocenters. The molecule has 2 amide bonds. The number of carbonyl (C=O) groups is 2. The number of nitrogens with one attached hydrogen (secondary N) is 2. The number of hydrogen-bond acceptors (Lipinski definition) is 5. The smallest absolute Gasteiger partial charge is 0.270 e. The van der Waals surface area contributed by atoms with Crippen molar-refractivity contribution in [1.29, 1.82) is 0 Å². The second-order valence-electron chi connectivity index (χ2n) is 7.51. The van der Waals surface area contributed by atoms with E-state index in [1.54, 1.807) is 17.5 Å². The lowest BCUT2D eigenvalue weighted by Crippen LogP contribution is -2.34. The summed E-state index contributed by atoms with van der Waals surface area (Å²) in [7, 11) is 0. The van der Waals surface area contributed by atoms with Crippen molar-refractivity contribution in [3.63, 3.8) is 0 Å². The summed E-state index contributed by atoms with van der Waals surface area (Å²) < 4.78 is 19.0. The van der Waals surface area contributed by atoms with Crippen molar-refractivity contribution in [3.8, 4) is 5.75 Å². The molecule has 0 aliphatic carbocycles. The van der Waals surface area contributed by atoms with Gasteiger partial charge < -0.3 is 15.4 Å². The monoisotopic (exact) mass is 469 g/mol. The number of nitrogens with zero attached hydrogens (tertiary/aromatic N) is 1. The van der Waals surface area contributed by atoms with Gasteiger partial charge in [0.1, 0.15) is 17.3 Å². The van der Waals surface area contributed by atoms with Gasteiger partial charge in [0.15, 0.2) is 11.6 Å². The number of halogens is 1. The van der Waals surface area contributed by atoms with Gasteiger partial charge in [0.2, 0.25) is 0 Å². The second-order valence-corrected chi connectivity index (χ2v) is 8.45. The van der Waals surface area contributed by atoms with Crippen molar-refractivity contribution in [2.75, 3.05) is 13.1 Å². The summed E-state index contributed by atoms with van der Waals surface area (Å²) in [5.41, 5.74) is 2.09. The summed E-state index contributed by atoms with van der Waals surface area (Å²) in [6, 6.07) is 13.8. The first-order valence-corrected chi connectivity index (χ1v) is 11.9. The molecule has 0 unspecified atom stereocenters. The van der Waals surface area contributed by atoms with E-state index in [1.807, 2.05) is 24.3 Å². The van der Waals surface area contributed by atoms with Crippen LogP contribution in [0.5, 0.6) is 5.75 Å². The quantitative estimate of drug-likeness (QED) is 0.375. The van der Waals surface area contributed by atoms with E-state index < -0.39 is 5.82 Å². The molecule has 0 aliphatic rings. The third-order valence-electron chi connectivity index (χ3n) is 4.95. The highest BCUT2D eigenvalue weighted by Gasteiger charge is 2.12. The Labute approximate surface area is 197 Å². The van der Waals surface area contributed by atoms with Crippen LogP contribution in [-0.2, 0) is 13.0 Å². The standard InChI is InChI=1S/C25H28FN3O3S/c1-2-3-4-7-18-10-12-19(13-11-18)24(30)27-14-15-28-25(31)21-17-33-23(29-21)16-32-22-9-6-5-8-20(22)26/h5-6,8-13,17H,2-4,7,14-16H2,1H3,(H,27,30)(H,28,31). The van der Waals surface area contributed by atoms with Crippen LogP contribution in [-0.4, -0.2) is 29.9 Å². The number of aromatic nitrogens is 1. The van der Waals surface area contributed by atoms with Crippen LogP contribution in [0.15, 0.2) is 53.9 Å². The molecule has 33 heavy (non-hydrogen) atoms. The molecule has 3 rings (SSSR count).